The molecule has 0 aromatic heterocycles. The molecule has 0 aliphatic carbocycles. The maximum atomic E-state index is 13.8. The van der Waals surface area contributed by atoms with Gasteiger partial charge in [-0.25, -0.2) is 8.78 Å². The van der Waals surface area contributed by atoms with Crippen LogP contribution in [0.15, 0.2) is 36.4 Å². The lowest BCUT2D eigenvalue weighted by Crippen LogP contribution is -2.49. The minimum Gasteiger partial charge on any atom is -0.368 e. The molecule has 1 aliphatic heterocycles. The number of piperazine rings is 1. The number of carbonyl (C=O) groups excluding carboxylic acids is 1. The van der Waals surface area contributed by atoms with E-state index in [1.165, 1.54) is 22.9 Å². The standard InChI is InChI=1S/C19H20F2N2O/c1-13-3-4-14(2)18(11-13)22-7-9-23(10-8-22)19(24)16-6-5-15(20)12-17(16)21/h3-6,11-12H,7-10H2,1-2H3. The van der Waals surface area contributed by atoms with Gasteiger partial charge in [0.2, 0.25) is 0 Å². The van der Waals surface area contributed by atoms with Crippen LogP contribution in [0.3, 0.4) is 0 Å². The Kier molecular flexibility index (Phi) is 4.51. The largest absolute Gasteiger partial charge is 0.368 e. The fourth-order valence-electron chi connectivity index (χ4n) is 3.04. The number of amides is 1. The van der Waals surface area contributed by atoms with E-state index in [1.54, 1.807) is 4.90 Å². The molecule has 24 heavy (non-hydrogen) atoms. The van der Waals surface area contributed by atoms with Crippen LogP contribution in [0.5, 0.6) is 0 Å². The summed E-state index contributed by atoms with van der Waals surface area (Å²) in [5.74, 6) is -1.87. The van der Waals surface area contributed by atoms with E-state index in [0.29, 0.717) is 26.2 Å². The van der Waals surface area contributed by atoms with Gasteiger partial charge >= 0.3 is 0 Å². The third-order valence-electron chi connectivity index (χ3n) is 4.43. The summed E-state index contributed by atoms with van der Waals surface area (Å²) in [6.07, 6.45) is 0. The highest BCUT2D eigenvalue weighted by Crippen LogP contribution is 2.23. The van der Waals surface area contributed by atoms with Crippen molar-refractivity contribution in [3.63, 3.8) is 0 Å². The zero-order valence-electron chi connectivity index (χ0n) is 13.9. The highest BCUT2D eigenvalue weighted by atomic mass is 19.1. The average Bonchev–Trinajstić information content (AvgIpc) is 2.57. The SMILES string of the molecule is Cc1ccc(C)c(N2CCN(C(=O)c3ccc(F)cc3F)CC2)c1. The Labute approximate surface area is 140 Å². The molecule has 0 atom stereocenters. The Bertz CT molecular complexity index is 768. The zero-order valence-corrected chi connectivity index (χ0v) is 13.9. The molecule has 0 saturated carbocycles. The summed E-state index contributed by atoms with van der Waals surface area (Å²) in [4.78, 5) is 16.3. The molecule has 1 heterocycles. The lowest BCUT2D eigenvalue weighted by Gasteiger charge is -2.37. The summed E-state index contributed by atoms with van der Waals surface area (Å²) in [6, 6.07) is 9.39. The van der Waals surface area contributed by atoms with Gasteiger partial charge in [0.15, 0.2) is 0 Å². The number of rotatable bonds is 2. The number of carbonyl (C=O) groups is 1. The predicted octanol–water partition coefficient (Wildman–Crippen LogP) is 3.54. The molecule has 1 aliphatic rings. The highest BCUT2D eigenvalue weighted by molar-refractivity contribution is 5.94. The summed E-state index contributed by atoms with van der Waals surface area (Å²) in [5, 5.41) is 0. The van der Waals surface area contributed by atoms with Gasteiger partial charge in [0.25, 0.3) is 5.91 Å². The number of nitrogens with zero attached hydrogens (tertiary/aromatic N) is 2. The van der Waals surface area contributed by atoms with Crippen LogP contribution < -0.4 is 4.90 Å². The van der Waals surface area contributed by atoms with Gasteiger partial charge in [-0.3, -0.25) is 4.79 Å². The Morgan fingerprint density at radius 1 is 0.958 bits per heavy atom. The van der Waals surface area contributed by atoms with Gasteiger partial charge in [0.05, 0.1) is 5.56 Å². The van der Waals surface area contributed by atoms with E-state index in [4.69, 9.17) is 0 Å². The van der Waals surface area contributed by atoms with Crippen LogP contribution in [0.1, 0.15) is 21.5 Å². The fraction of sp³-hybridized carbons (Fsp3) is 0.316. The van der Waals surface area contributed by atoms with Crippen molar-refractivity contribution < 1.29 is 13.6 Å². The topological polar surface area (TPSA) is 23.6 Å². The minimum absolute atomic E-state index is 0.0726. The summed E-state index contributed by atoms with van der Waals surface area (Å²) in [7, 11) is 0. The number of hydrogen-bond donors (Lipinski definition) is 0. The normalized spacial score (nSPS) is 14.8. The first-order chi connectivity index (χ1) is 11.5. The van der Waals surface area contributed by atoms with Gasteiger partial charge in [0, 0.05) is 37.9 Å². The quantitative estimate of drug-likeness (QED) is 0.841. The monoisotopic (exact) mass is 330 g/mol. The fourth-order valence-corrected chi connectivity index (χ4v) is 3.04. The Morgan fingerprint density at radius 2 is 1.67 bits per heavy atom. The summed E-state index contributed by atoms with van der Waals surface area (Å²) in [6.45, 7) is 6.55. The zero-order chi connectivity index (χ0) is 17.3. The minimum atomic E-state index is -0.808. The molecule has 0 radical (unpaired) electrons. The van der Waals surface area contributed by atoms with E-state index in [0.717, 1.165) is 12.1 Å². The molecule has 1 saturated heterocycles. The van der Waals surface area contributed by atoms with Crippen LogP contribution >= 0.6 is 0 Å². The third-order valence-corrected chi connectivity index (χ3v) is 4.43. The number of aryl methyl sites for hydroxylation is 2. The van der Waals surface area contributed by atoms with Gasteiger partial charge in [-0.1, -0.05) is 12.1 Å². The van der Waals surface area contributed by atoms with E-state index >= 15 is 0 Å². The average molecular weight is 330 g/mol. The molecular formula is C19H20F2N2O. The molecule has 3 rings (SSSR count). The Morgan fingerprint density at radius 3 is 2.33 bits per heavy atom. The van der Waals surface area contributed by atoms with Gasteiger partial charge in [0.1, 0.15) is 11.6 Å². The molecule has 0 spiro atoms. The molecule has 0 N–H and O–H groups in total. The first kappa shape index (κ1) is 16.4. The lowest BCUT2D eigenvalue weighted by atomic mass is 10.1. The second-order valence-electron chi connectivity index (χ2n) is 6.19. The first-order valence-corrected chi connectivity index (χ1v) is 8.02. The second-order valence-corrected chi connectivity index (χ2v) is 6.19. The van der Waals surface area contributed by atoms with Gasteiger partial charge in [-0.05, 0) is 43.2 Å². The Hall–Kier alpha value is -2.43. The maximum Gasteiger partial charge on any atom is 0.256 e. The van der Waals surface area contributed by atoms with Crippen molar-refractivity contribution in [3.05, 3.63) is 64.7 Å². The van der Waals surface area contributed by atoms with Crippen LogP contribution in [0.4, 0.5) is 14.5 Å². The van der Waals surface area contributed by atoms with Crippen molar-refractivity contribution >= 4 is 11.6 Å². The summed E-state index contributed by atoms with van der Waals surface area (Å²) >= 11 is 0. The van der Waals surface area contributed by atoms with Crippen molar-refractivity contribution in [1.82, 2.24) is 4.90 Å². The number of hydrogen-bond acceptors (Lipinski definition) is 2. The smallest absolute Gasteiger partial charge is 0.256 e. The van der Waals surface area contributed by atoms with Gasteiger partial charge in [-0.15, -0.1) is 0 Å². The maximum absolute atomic E-state index is 13.8. The van der Waals surface area contributed by atoms with E-state index in [9.17, 15) is 13.6 Å². The molecule has 0 unspecified atom stereocenters. The van der Waals surface area contributed by atoms with Gasteiger partial charge < -0.3 is 9.80 Å². The van der Waals surface area contributed by atoms with Crippen molar-refractivity contribution in [2.45, 2.75) is 13.8 Å². The van der Waals surface area contributed by atoms with E-state index in [-0.39, 0.29) is 11.5 Å². The highest BCUT2D eigenvalue weighted by Gasteiger charge is 2.25. The molecule has 2 aromatic rings. The Balaban J connectivity index is 1.70. The van der Waals surface area contributed by atoms with E-state index in [2.05, 4.69) is 36.9 Å². The van der Waals surface area contributed by atoms with Crippen LogP contribution in [-0.4, -0.2) is 37.0 Å². The number of anilines is 1. The van der Waals surface area contributed by atoms with Crippen molar-refractivity contribution in [3.8, 4) is 0 Å². The van der Waals surface area contributed by atoms with Crippen molar-refractivity contribution in [2.24, 2.45) is 0 Å². The lowest BCUT2D eigenvalue weighted by molar-refractivity contribution is 0.0742. The van der Waals surface area contributed by atoms with Gasteiger partial charge in [-0.2, -0.15) is 0 Å². The molecule has 126 valence electrons. The summed E-state index contributed by atoms with van der Waals surface area (Å²) < 4.78 is 26.8. The third kappa shape index (κ3) is 3.25. The van der Waals surface area contributed by atoms with E-state index in [1.807, 2.05) is 0 Å². The predicted molar refractivity (Wildman–Crippen MR) is 90.4 cm³/mol. The second kappa shape index (κ2) is 6.59. The van der Waals surface area contributed by atoms with Crippen molar-refractivity contribution in [2.75, 3.05) is 31.1 Å². The molecule has 0 bridgehead atoms. The van der Waals surface area contributed by atoms with Crippen LogP contribution in [0.2, 0.25) is 0 Å². The van der Waals surface area contributed by atoms with Crippen LogP contribution in [0, 0.1) is 25.5 Å². The van der Waals surface area contributed by atoms with E-state index < -0.39 is 11.6 Å². The molecule has 2 aromatic carbocycles. The molecule has 3 nitrogen and oxygen atoms in total. The van der Waals surface area contributed by atoms with Crippen molar-refractivity contribution in [1.29, 1.82) is 0 Å². The summed E-state index contributed by atoms with van der Waals surface area (Å²) in [5.41, 5.74) is 3.50. The van der Waals surface area contributed by atoms with Crippen LogP contribution in [0.25, 0.3) is 0 Å². The number of benzene rings is 2. The molecule has 1 amide bonds. The number of halogens is 2. The molecule has 1 fully saturated rings. The molecule has 5 heteroatoms. The molecular weight excluding hydrogens is 310 g/mol. The van der Waals surface area contributed by atoms with Crippen LogP contribution in [-0.2, 0) is 0 Å². The first-order valence-electron chi connectivity index (χ1n) is 8.02.